The Morgan fingerprint density at radius 1 is 1.07 bits per heavy atom. The number of benzene rings is 2. The van der Waals surface area contributed by atoms with Crippen LogP contribution < -0.4 is 14.8 Å². The third kappa shape index (κ3) is 5.02. The fourth-order valence-electron chi connectivity index (χ4n) is 2.59. The lowest BCUT2D eigenvalue weighted by Crippen LogP contribution is -2.11. The molecule has 0 spiro atoms. The summed E-state index contributed by atoms with van der Waals surface area (Å²) >= 11 is 0. The van der Waals surface area contributed by atoms with Crippen LogP contribution in [-0.2, 0) is 6.61 Å². The van der Waals surface area contributed by atoms with Crippen molar-refractivity contribution in [1.82, 2.24) is 0 Å². The van der Waals surface area contributed by atoms with Gasteiger partial charge in [-0.15, -0.1) is 0 Å². The predicted molar refractivity (Wildman–Crippen MR) is 107 cm³/mol. The number of carbonyl (C=O) groups is 2. The highest BCUT2D eigenvalue weighted by molar-refractivity contribution is 6.02. The first-order valence-electron chi connectivity index (χ1n) is 8.83. The van der Waals surface area contributed by atoms with E-state index >= 15 is 0 Å². The van der Waals surface area contributed by atoms with E-state index in [4.69, 9.17) is 13.9 Å². The van der Waals surface area contributed by atoms with Gasteiger partial charge in [-0.05, 0) is 43.3 Å². The van der Waals surface area contributed by atoms with Gasteiger partial charge in [0, 0.05) is 17.7 Å². The number of nitro benzene ring substituents is 1. The molecule has 0 fully saturated rings. The van der Waals surface area contributed by atoms with E-state index < -0.39 is 10.8 Å². The molecule has 0 bridgehead atoms. The Labute approximate surface area is 171 Å². The molecule has 0 radical (unpaired) electrons. The summed E-state index contributed by atoms with van der Waals surface area (Å²) in [6.07, 6.45) is 0. The maximum absolute atomic E-state index is 12.4. The molecule has 3 rings (SSSR count). The summed E-state index contributed by atoms with van der Waals surface area (Å²) in [4.78, 5) is 34.1. The third-order valence-corrected chi connectivity index (χ3v) is 4.12. The molecule has 1 N–H and O–H groups in total. The van der Waals surface area contributed by atoms with Crippen LogP contribution in [0.4, 0.5) is 11.4 Å². The minimum absolute atomic E-state index is 0.0194. The van der Waals surface area contributed by atoms with Crippen molar-refractivity contribution in [3.63, 3.8) is 0 Å². The van der Waals surface area contributed by atoms with Crippen LogP contribution in [0.25, 0.3) is 0 Å². The topological polar surface area (TPSA) is 121 Å². The normalized spacial score (nSPS) is 10.3. The number of amides is 1. The highest BCUT2D eigenvalue weighted by atomic mass is 16.6. The quantitative estimate of drug-likeness (QED) is 0.335. The van der Waals surface area contributed by atoms with Crippen LogP contribution in [0.15, 0.2) is 59.0 Å². The van der Waals surface area contributed by atoms with Crippen LogP contribution in [-0.4, -0.2) is 23.7 Å². The number of nitrogens with zero attached hydrogens (tertiary/aromatic N) is 1. The van der Waals surface area contributed by atoms with Crippen molar-refractivity contribution < 1.29 is 28.4 Å². The molecule has 0 aliphatic rings. The van der Waals surface area contributed by atoms with E-state index in [1.807, 2.05) is 0 Å². The van der Waals surface area contributed by atoms with Gasteiger partial charge in [0.25, 0.3) is 11.6 Å². The number of hydrogen-bond donors (Lipinski definition) is 1. The molecule has 2 aromatic carbocycles. The van der Waals surface area contributed by atoms with Gasteiger partial charge in [0.2, 0.25) is 0 Å². The molecule has 0 unspecified atom stereocenters. The van der Waals surface area contributed by atoms with E-state index in [0.717, 1.165) is 0 Å². The zero-order valence-corrected chi connectivity index (χ0v) is 16.2. The van der Waals surface area contributed by atoms with Crippen LogP contribution >= 0.6 is 0 Å². The molecule has 1 aromatic heterocycles. The lowest BCUT2D eigenvalue weighted by Gasteiger charge is -2.06. The zero-order chi connectivity index (χ0) is 21.7. The van der Waals surface area contributed by atoms with Gasteiger partial charge in [-0.3, -0.25) is 19.7 Å². The zero-order valence-electron chi connectivity index (χ0n) is 16.2. The molecule has 3 aromatic rings. The Hall–Kier alpha value is -4.14. The second kappa shape index (κ2) is 8.91. The SMILES string of the molecule is COc1cc(NC(=O)c2ccc(COc3ccc(C(C)=O)cc3)o2)cc([N+](=O)[O-])c1. The van der Waals surface area contributed by atoms with Gasteiger partial charge in [-0.2, -0.15) is 0 Å². The number of nitrogens with one attached hydrogen (secondary N) is 1. The van der Waals surface area contributed by atoms with Crippen molar-refractivity contribution in [2.45, 2.75) is 13.5 Å². The summed E-state index contributed by atoms with van der Waals surface area (Å²) in [6, 6.07) is 13.7. The molecule has 0 aliphatic carbocycles. The van der Waals surface area contributed by atoms with Gasteiger partial charge in [0.1, 0.15) is 23.9 Å². The Bertz CT molecular complexity index is 1090. The maximum atomic E-state index is 12.4. The third-order valence-electron chi connectivity index (χ3n) is 4.12. The number of anilines is 1. The van der Waals surface area contributed by atoms with Gasteiger partial charge < -0.3 is 19.2 Å². The smallest absolute Gasteiger partial charge is 0.291 e. The highest BCUT2D eigenvalue weighted by Crippen LogP contribution is 2.26. The van der Waals surface area contributed by atoms with Gasteiger partial charge in [-0.1, -0.05) is 0 Å². The van der Waals surface area contributed by atoms with Crippen LogP contribution in [0, 0.1) is 10.1 Å². The number of non-ortho nitro benzene ring substituents is 1. The Balaban J connectivity index is 1.64. The minimum Gasteiger partial charge on any atom is -0.496 e. The number of methoxy groups -OCH3 is 1. The van der Waals surface area contributed by atoms with Crippen molar-refractivity contribution in [3.8, 4) is 11.5 Å². The van der Waals surface area contributed by atoms with Gasteiger partial charge in [0.15, 0.2) is 11.5 Å². The molecule has 30 heavy (non-hydrogen) atoms. The maximum Gasteiger partial charge on any atom is 0.291 e. The number of hydrogen-bond acceptors (Lipinski definition) is 7. The van der Waals surface area contributed by atoms with Crippen LogP contribution in [0.1, 0.15) is 33.6 Å². The fraction of sp³-hybridized carbons (Fsp3) is 0.143. The van der Waals surface area contributed by atoms with Gasteiger partial charge in [0.05, 0.1) is 23.8 Å². The number of ether oxygens (including phenoxy) is 2. The van der Waals surface area contributed by atoms with Crippen molar-refractivity contribution >= 4 is 23.1 Å². The van der Waals surface area contributed by atoms with Crippen molar-refractivity contribution in [2.24, 2.45) is 0 Å². The molecule has 0 saturated heterocycles. The minimum atomic E-state index is -0.580. The monoisotopic (exact) mass is 410 g/mol. The molecule has 9 heteroatoms. The summed E-state index contributed by atoms with van der Waals surface area (Å²) in [7, 11) is 1.37. The highest BCUT2D eigenvalue weighted by Gasteiger charge is 2.16. The van der Waals surface area contributed by atoms with Crippen LogP contribution in [0.2, 0.25) is 0 Å². The number of furan rings is 1. The summed E-state index contributed by atoms with van der Waals surface area (Å²) in [5.74, 6) is 0.604. The van der Waals surface area contributed by atoms with E-state index in [9.17, 15) is 19.7 Å². The Kier molecular flexibility index (Phi) is 6.11. The average molecular weight is 410 g/mol. The van der Waals surface area contributed by atoms with Crippen LogP contribution in [0.3, 0.4) is 0 Å². The number of ketones is 1. The first kappa shape index (κ1) is 20.6. The first-order chi connectivity index (χ1) is 14.4. The largest absolute Gasteiger partial charge is 0.496 e. The average Bonchev–Trinajstić information content (AvgIpc) is 3.21. The Morgan fingerprint density at radius 2 is 1.80 bits per heavy atom. The molecule has 1 heterocycles. The molecule has 1 amide bonds. The summed E-state index contributed by atoms with van der Waals surface area (Å²) in [5, 5.41) is 13.6. The van der Waals surface area contributed by atoms with Crippen molar-refractivity contribution in [1.29, 1.82) is 0 Å². The molecule has 0 atom stereocenters. The number of Topliss-reactive ketones (excluding diaryl/α,β-unsaturated/α-hetero) is 1. The van der Waals surface area contributed by atoms with Gasteiger partial charge in [-0.25, -0.2) is 0 Å². The fourth-order valence-corrected chi connectivity index (χ4v) is 2.59. The van der Waals surface area contributed by atoms with E-state index in [1.54, 1.807) is 30.3 Å². The summed E-state index contributed by atoms with van der Waals surface area (Å²) in [5.41, 5.74) is 0.567. The Morgan fingerprint density at radius 3 is 2.43 bits per heavy atom. The molecule has 9 nitrogen and oxygen atoms in total. The number of nitro groups is 1. The standard InChI is InChI=1S/C21H18N2O7/c1-13(24)14-3-5-17(6-4-14)29-12-18-7-8-20(30-18)21(25)22-15-9-16(23(26)27)11-19(10-15)28-2/h3-11H,12H2,1-2H3,(H,22,25). The van der Waals surface area contributed by atoms with Crippen LogP contribution in [0.5, 0.6) is 11.5 Å². The lowest BCUT2D eigenvalue weighted by molar-refractivity contribution is -0.384. The molecular weight excluding hydrogens is 392 g/mol. The first-order valence-corrected chi connectivity index (χ1v) is 8.83. The van der Waals surface area contributed by atoms with E-state index in [-0.39, 0.29) is 35.3 Å². The van der Waals surface area contributed by atoms with E-state index in [0.29, 0.717) is 17.1 Å². The second-order valence-electron chi connectivity index (χ2n) is 6.27. The van der Waals surface area contributed by atoms with Crippen molar-refractivity contribution in [3.05, 3.63) is 81.8 Å². The van der Waals surface area contributed by atoms with Gasteiger partial charge >= 0.3 is 0 Å². The summed E-state index contributed by atoms with van der Waals surface area (Å²) < 4.78 is 16.1. The molecule has 0 saturated carbocycles. The molecule has 154 valence electrons. The second-order valence-corrected chi connectivity index (χ2v) is 6.27. The summed E-state index contributed by atoms with van der Waals surface area (Å²) in [6.45, 7) is 1.56. The van der Waals surface area contributed by atoms with Crippen molar-refractivity contribution in [2.75, 3.05) is 12.4 Å². The molecular formula is C21H18N2O7. The lowest BCUT2D eigenvalue weighted by atomic mass is 10.1. The predicted octanol–water partition coefficient (Wildman–Crippen LogP) is 4.23. The number of rotatable bonds is 8. The van der Waals surface area contributed by atoms with E-state index in [2.05, 4.69) is 5.32 Å². The molecule has 0 aliphatic heterocycles. The van der Waals surface area contributed by atoms with E-state index in [1.165, 1.54) is 38.3 Å². The number of carbonyl (C=O) groups excluding carboxylic acids is 2.